The monoisotopic (exact) mass is 1360 g/mol. The average Bonchev–Trinajstić information content (AvgIpc) is 3.89. The second-order valence-electron chi connectivity index (χ2n) is 20.2. The number of rotatable bonds is 5. The van der Waals surface area contributed by atoms with Gasteiger partial charge in [-0.2, -0.15) is 0 Å². The summed E-state index contributed by atoms with van der Waals surface area (Å²) in [6.45, 7) is 13.1. The van der Waals surface area contributed by atoms with Gasteiger partial charge in [0, 0.05) is 54.0 Å². The Labute approximate surface area is 459 Å². The van der Waals surface area contributed by atoms with E-state index in [2.05, 4.69) is 27.3 Å². The predicted molar refractivity (Wildman–Crippen MR) is 269 cm³/mol. The zero-order chi connectivity index (χ0) is 48.5. The molecule has 0 aromatic rings. The van der Waals surface area contributed by atoms with E-state index in [0.717, 1.165) is 51.4 Å². The number of nitrogens with one attached hydrogen (secondary N) is 4. The zero-order valence-electron chi connectivity index (χ0n) is 40.6. The third kappa shape index (κ3) is 19.2. The Bertz CT molecular complexity index is 1890. The Kier molecular flexibility index (Phi) is 29.8. The molecule has 0 aromatic heterocycles. The van der Waals surface area contributed by atoms with Gasteiger partial charge in [0.25, 0.3) is 0 Å². The molecule has 2 aliphatic carbocycles. The predicted octanol–water partition coefficient (Wildman–Crippen LogP) is 7.35. The van der Waals surface area contributed by atoms with Crippen LogP contribution in [0.5, 0.6) is 0 Å². The van der Waals surface area contributed by atoms with Crippen LogP contribution in [0.1, 0.15) is 168 Å². The van der Waals surface area contributed by atoms with Gasteiger partial charge in [0.05, 0.1) is 18.7 Å². The fraction of sp³-hybridized carbons (Fsp3) is 0.731. The maximum atomic E-state index is 13.5. The van der Waals surface area contributed by atoms with E-state index in [1.165, 1.54) is 9.80 Å². The first kappa shape index (κ1) is 70.3. The van der Waals surface area contributed by atoms with Gasteiger partial charge in [-0.1, -0.05) is 79.7 Å². The average molecular weight is 1360 g/mol. The fourth-order valence-corrected chi connectivity index (χ4v) is 8.93. The number of aliphatic carboxylic acids is 1. The van der Waals surface area contributed by atoms with E-state index >= 15 is 0 Å². The van der Waals surface area contributed by atoms with Crippen molar-refractivity contribution in [1.29, 1.82) is 0 Å². The first-order chi connectivity index (χ1) is 31.1. The third-order valence-electron chi connectivity index (χ3n) is 12.5. The van der Waals surface area contributed by atoms with E-state index in [1.807, 2.05) is 31.1 Å². The van der Waals surface area contributed by atoms with Crippen molar-refractivity contribution in [1.82, 2.24) is 31.1 Å². The summed E-state index contributed by atoms with van der Waals surface area (Å²) in [7, 11) is 0. The molecule has 8 atom stereocenters. The minimum absolute atomic E-state index is 0. The fourth-order valence-electron chi connectivity index (χ4n) is 8.93. The molecule has 0 bridgehead atoms. The van der Waals surface area contributed by atoms with Crippen LogP contribution in [-0.4, -0.2) is 129 Å². The summed E-state index contributed by atoms with van der Waals surface area (Å²) in [6.07, 6.45) is 19.4. The van der Waals surface area contributed by atoms with Gasteiger partial charge in [0.1, 0.15) is 34.4 Å². The van der Waals surface area contributed by atoms with Crippen molar-refractivity contribution in [2.24, 2.45) is 11.8 Å². The quantitative estimate of drug-likeness (QED) is 0.0787. The van der Waals surface area contributed by atoms with Crippen LogP contribution in [0.4, 0.5) is 9.59 Å². The van der Waals surface area contributed by atoms with Crippen molar-refractivity contribution >= 4 is 47.8 Å². The first-order valence-corrected chi connectivity index (χ1v) is 23.7. The number of hydrogen-bond donors (Lipinski definition) is 5. The van der Waals surface area contributed by atoms with Crippen LogP contribution in [-0.2, 0) is 85.1 Å². The van der Waals surface area contributed by atoms with E-state index in [4.69, 9.17) is 14.2 Å². The van der Waals surface area contributed by atoms with E-state index in [0.29, 0.717) is 45.1 Å². The molecule has 18 nitrogen and oxygen atoms in total. The number of allylic oxidation sites excluding steroid dienone is 2. The summed E-state index contributed by atoms with van der Waals surface area (Å²) in [4.78, 5) is 105. The minimum atomic E-state index is -1.31. The molecular weight excluding hydrogens is 1270 g/mol. The molecule has 6 rings (SSSR count). The maximum Gasteiger partial charge on any atom is 0.408 e. The minimum Gasteiger partial charge on any atom is -0.479 e. The number of ether oxygens (including phenoxy) is 3. The van der Waals surface area contributed by atoms with Crippen LogP contribution >= 0.6 is 0 Å². The molecule has 0 unspecified atom stereocenters. The van der Waals surface area contributed by atoms with Crippen LogP contribution in [0.15, 0.2) is 24.3 Å². The van der Waals surface area contributed by atoms with Crippen LogP contribution in [0.2, 0.25) is 0 Å². The van der Waals surface area contributed by atoms with E-state index in [1.54, 1.807) is 48.5 Å². The topological polar surface area (TPSA) is 239 Å². The number of alkyl carbamates (subject to hydrolysis) is 2. The molecule has 2 saturated carbocycles. The first-order valence-electron chi connectivity index (χ1n) is 23.7. The Morgan fingerprint density at radius 1 is 0.667 bits per heavy atom. The third-order valence-corrected chi connectivity index (χ3v) is 12.5. The maximum absolute atomic E-state index is 13.5. The van der Waals surface area contributed by atoms with Crippen LogP contribution in [0.25, 0.3) is 0 Å². The molecule has 4 aliphatic heterocycles. The second-order valence-corrected chi connectivity index (χ2v) is 20.2. The Morgan fingerprint density at radius 2 is 1.06 bits per heavy atom. The van der Waals surface area contributed by atoms with Crippen LogP contribution < -0.4 is 21.3 Å². The Hall–Kier alpha value is -3.78. The number of hydrogen-bond acceptors (Lipinski definition) is 11. The summed E-state index contributed by atoms with van der Waals surface area (Å²) in [5.74, 6) is -3.38. The number of esters is 1. The molecule has 0 spiro atoms. The van der Waals surface area contributed by atoms with E-state index in [-0.39, 0.29) is 115 Å². The summed E-state index contributed by atoms with van der Waals surface area (Å²) in [6, 6.07) is -3.13. The molecule has 0 aromatic carbocycles. The smallest absolute Gasteiger partial charge is 0.408 e. The van der Waals surface area contributed by atoms with Gasteiger partial charge in [-0.3, -0.25) is 19.2 Å². The van der Waals surface area contributed by atoms with Gasteiger partial charge in [-0.05, 0) is 99.8 Å². The summed E-state index contributed by atoms with van der Waals surface area (Å²) < 4.78 is 15.9. The summed E-state index contributed by atoms with van der Waals surface area (Å²) >= 11 is 0. The molecule has 412 valence electrons. The van der Waals surface area contributed by atoms with E-state index < -0.39 is 76.5 Å². The van der Waals surface area contributed by atoms with Crippen molar-refractivity contribution in [3.8, 4) is 0 Å². The van der Waals surface area contributed by atoms with Crippen molar-refractivity contribution in [3.63, 3.8) is 0 Å². The van der Waals surface area contributed by atoms with Gasteiger partial charge in [-0.15, -0.1) is 25.9 Å². The number of amides is 6. The van der Waals surface area contributed by atoms with Gasteiger partial charge in [-0.25, -0.2) is 19.2 Å². The summed E-state index contributed by atoms with van der Waals surface area (Å²) in [5.41, 5.74) is -3.77. The molecule has 72 heavy (non-hydrogen) atoms. The molecule has 6 amide bonds. The molecule has 4 heterocycles. The number of carboxylic acids is 1. The van der Waals surface area contributed by atoms with Gasteiger partial charge >= 0.3 is 24.1 Å². The molecule has 4 fully saturated rings. The van der Waals surface area contributed by atoms with Gasteiger partial charge in [0.15, 0.2) is 0 Å². The van der Waals surface area contributed by atoms with Crippen molar-refractivity contribution in [2.75, 3.05) is 19.7 Å². The second kappa shape index (κ2) is 30.6. The summed E-state index contributed by atoms with van der Waals surface area (Å²) in [5, 5.41) is 20.7. The number of carbonyl (C=O) groups is 8. The Morgan fingerprint density at radius 3 is 1.44 bits per heavy atom. The van der Waals surface area contributed by atoms with Crippen molar-refractivity contribution in [2.45, 2.75) is 215 Å². The Balaban J connectivity index is 0. The number of fused-ring (bicyclic) bond motifs is 4. The molecule has 2 saturated heterocycles. The molecule has 20 heteroatoms. The van der Waals surface area contributed by atoms with Crippen molar-refractivity contribution < 1.29 is 99.8 Å². The van der Waals surface area contributed by atoms with Crippen LogP contribution in [0, 0.1) is 24.7 Å². The number of nitrogens with zero attached hydrogens (tertiary/aromatic N) is 2. The molecule has 5 N–H and O–H groups in total. The molecule has 0 radical (unpaired) electrons. The standard InChI is InChI=1S/C25H38N3O6.C23H34N3O6.4CH4.2W/c1-5-33-22(31)25-16-17(25)12-9-7-6-8-10-13-18(26-23(32)34-24(2,3)4)21(30)28-15-11-14-19(28)20(29)27-25;1-22(2,3)32-21(31)24-16-11-8-6-4-5-7-10-15-14-23(15,20(29)30)25-18(27)17-12-9-13-26(17)19(16)28;;;;;;/h9,11-12,17-19H,5-8,10,13-16H2,1-4H3,(H,26,32)(H,27,29);7,9-10,15-17H,4-6,8,11-14H2,1-3H3,(H,24,31)(H,25,27)(H,29,30);4*1H4;;/q2*-1;;;;;;/b12-9-;10-7-;;;;;;/t17-,18+,19+,25-;15-,16+,17+,23-;;;;;;/m11....../s1. The van der Waals surface area contributed by atoms with Crippen LogP contribution in [0.3, 0.4) is 0 Å². The van der Waals surface area contributed by atoms with E-state index in [9.17, 15) is 43.5 Å². The van der Waals surface area contributed by atoms with Gasteiger partial charge in [0.2, 0.25) is 23.6 Å². The molecular formula is C52H88N6O12W2-2. The number of carboxylic acid groups (broad SMARTS) is 1. The number of carbonyl (C=O) groups excluding carboxylic acids is 7. The normalized spacial score (nSPS) is 29.2. The largest absolute Gasteiger partial charge is 0.479 e. The SMILES string of the molecule is C.C.C.C.CC(C)(C)OC(=O)N[C@H]1CCCCC/C=C\[C@@H]2C[C@@]2(C(=O)O)NC(=O)[C@@H]2C[CH-]CN2C1=O.CCOC(=O)[C@@]12C[C@H]1/C=C\CCCCC[C@H](NC(=O)OC(C)(C)C)C(=O)N1C[CH-]C[C@H]1C(=O)N2.[W].[W]. The zero-order valence-corrected chi connectivity index (χ0v) is 46.5. The van der Waals surface area contributed by atoms with Crippen molar-refractivity contribution in [3.05, 3.63) is 37.1 Å². The molecule has 6 aliphatic rings. The van der Waals surface area contributed by atoms with Gasteiger partial charge < -0.3 is 63.2 Å².